The molecule has 11 heteroatoms. The number of alkyl halides is 3. The summed E-state index contributed by atoms with van der Waals surface area (Å²) < 4.78 is 51.8. The number of carbonyl (C=O) groups excluding carboxylic acids is 1. The number of hydrogen-bond donors (Lipinski definition) is 0. The average Bonchev–Trinajstić information content (AvgIpc) is 3.27. The number of piperazine rings is 1. The van der Waals surface area contributed by atoms with E-state index in [1.54, 1.807) is 7.11 Å². The SMILES string of the molecule is COc1ccccc1N1CCN(CCCN(C(=O)c2csc3c(=O)ccoc23)C(F)(F)F)CC1. The minimum Gasteiger partial charge on any atom is -0.495 e. The fourth-order valence-electron chi connectivity index (χ4n) is 4.07. The van der Waals surface area contributed by atoms with E-state index in [1.807, 2.05) is 24.3 Å². The minimum absolute atomic E-state index is 0.105. The molecule has 1 aliphatic heterocycles. The van der Waals surface area contributed by atoms with Crippen LogP contribution in [0.4, 0.5) is 18.9 Å². The fourth-order valence-corrected chi connectivity index (χ4v) is 4.96. The second kappa shape index (κ2) is 10.1. The molecule has 7 nitrogen and oxygen atoms in total. The summed E-state index contributed by atoms with van der Waals surface area (Å²) in [5.41, 5.74) is 0.244. The highest BCUT2D eigenvalue weighted by molar-refractivity contribution is 7.17. The van der Waals surface area contributed by atoms with E-state index in [0.29, 0.717) is 19.6 Å². The predicted octanol–water partition coefficient (Wildman–Crippen LogP) is 4.04. The van der Waals surface area contributed by atoms with E-state index in [0.717, 1.165) is 42.1 Å². The second-order valence-corrected chi connectivity index (χ2v) is 8.75. The lowest BCUT2D eigenvalue weighted by atomic mass is 10.2. The molecule has 2 aromatic heterocycles. The predicted molar refractivity (Wildman–Crippen MR) is 124 cm³/mol. The van der Waals surface area contributed by atoms with Crippen LogP contribution in [0.15, 0.2) is 51.2 Å². The van der Waals surface area contributed by atoms with Gasteiger partial charge in [0.25, 0.3) is 5.91 Å². The summed E-state index contributed by atoms with van der Waals surface area (Å²) in [5, 5.41) is 1.24. The van der Waals surface area contributed by atoms with Crippen LogP contribution in [0.5, 0.6) is 5.75 Å². The van der Waals surface area contributed by atoms with Crippen molar-refractivity contribution in [1.82, 2.24) is 9.80 Å². The van der Waals surface area contributed by atoms with Crippen LogP contribution in [0.3, 0.4) is 0 Å². The fraction of sp³-hybridized carbons (Fsp3) is 0.391. The van der Waals surface area contributed by atoms with Gasteiger partial charge < -0.3 is 14.1 Å². The molecule has 0 N–H and O–H groups in total. The first-order chi connectivity index (χ1) is 16.3. The van der Waals surface area contributed by atoms with Crippen molar-refractivity contribution in [3.63, 3.8) is 0 Å². The summed E-state index contributed by atoms with van der Waals surface area (Å²) in [6.45, 7) is 2.78. The molecule has 34 heavy (non-hydrogen) atoms. The third-order valence-corrected chi connectivity index (χ3v) is 6.79. The molecule has 1 aliphatic rings. The van der Waals surface area contributed by atoms with Crippen LogP contribution >= 0.6 is 11.3 Å². The zero-order valence-electron chi connectivity index (χ0n) is 18.5. The molecule has 3 heterocycles. The van der Waals surface area contributed by atoms with Crippen LogP contribution in [0, 0.1) is 0 Å². The first kappa shape index (κ1) is 24.1. The first-order valence-electron chi connectivity index (χ1n) is 10.8. The molecule has 1 fully saturated rings. The van der Waals surface area contributed by atoms with Gasteiger partial charge in [0.05, 0.1) is 24.6 Å². The van der Waals surface area contributed by atoms with Crippen molar-refractivity contribution in [2.45, 2.75) is 12.7 Å². The van der Waals surface area contributed by atoms with Crippen LogP contribution in [0.2, 0.25) is 0 Å². The van der Waals surface area contributed by atoms with E-state index in [4.69, 9.17) is 9.15 Å². The van der Waals surface area contributed by atoms with Gasteiger partial charge in [0.1, 0.15) is 10.4 Å². The zero-order chi connectivity index (χ0) is 24.3. The van der Waals surface area contributed by atoms with Gasteiger partial charge in [-0.05, 0) is 25.1 Å². The minimum atomic E-state index is -4.84. The van der Waals surface area contributed by atoms with Gasteiger partial charge in [0, 0.05) is 44.2 Å². The summed E-state index contributed by atoms with van der Waals surface area (Å²) >= 11 is 0.901. The van der Waals surface area contributed by atoms with E-state index >= 15 is 0 Å². The molecule has 1 aromatic carbocycles. The molecule has 1 amide bonds. The van der Waals surface area contributed by atoms with Crippen LogP contribution in [0.1, 0.15) is 16.8 Å². The Morgan fingerprint density at radius 1 is 1.18 bits per heavy atom. The molecule has 0 spiro atoms. The molecule has 0 aliphatic carbocycles. The molecule has 0 saturated carbocycles. The standard InChI is InChI=1S/C23H24F3N3O4S/c1-32-19-6-3-2-5-17(19)28-12-10-27(11-13-28)8-4-9-29(23(24,25)26)22(31)16-15-34-21-18(30)7-14-33-20(16)21/h2-3,5-7,14-15H,4,8-13H2,1H3. The molecular formula is C23H24F3N3O4S. The van der Waals surface area contributed by atoms with Crippen LogP contribution < -0.4 is 15.1 Å². The molecule has 0 radical (unpaired) electrons. The number of benzene rings is 1. The van der Waals surface area contributed by atoms with E-state index in [2.05, 4.69) is 9.80 Å². The van der Waals surface area contributed by atoms with Gasteiger partial charge >= 0.3 is 6.30 Å². The largest absolute Gasteiger partial charge is 0.495 e. The van der Waals surface area contributed by atoms with E-state index < -0.39 is 24.2 Å². The van der Waals surface area contributed by atoms with E-state index in [-0.39, 0.29) is 27.2 Å². The summed E-state index contributed by atoms with van der Waals surface area (Å²) in [7, 11) is 1.62. The average molecular weight is 496 g/mol. The quantitative estimate of drug-likeness (QED) is 0.461. The lowest BCUT2D eigenvalue weighted by molar-refractivity contribution is -0.224. The van der Waals surface area contributed by atoms with Crippen molar-refractivity contribution in [1.29, 1.82) is 0 Å². The molecule has 1 saturated heterocycles. The maximum atomic E-state index is 13.7. The Kier molecular flexibility index (Phi) is 7.13. The van der Waals surface area contributed by atoms with Crippen molar-refractivity contribution in [3.05, 3.63) is 57.8 Å². The monoisotopic (exact) mass is 495 g/mol. The number of anilines is 1. The van der Waals surface area contributed by atoms with Gasteiger partial charge in [-0.2, -0.15) is 0 Å². The smallest absolute Gasteiger partial charge is 0.487 e. The number of methoxy groups -OCH3 is 1. The topological polar surface area (TPSA) is 66.2 Å². The van der Waals surface area contributed by atoms with Crippen molar-refractivity contribution < 1.29 is 27.1 Å². The Labute approximate surface area is 197 Å². The second-order valence-electron chi connectivity index (χ2n) is 7.87. The van der Waals surface area contributed by atoms with Gasteiger partial charge in [-0.1, -0.05) is 12.1 Å². The Balaban J connectivity index is 1.36. The third-order valence-electron chi connectivity index (χ3n) is 5.81. The van der Waals surface area contributed by atoms with Gasteiger partial charge in [-0.3, -0.25) is 14.5 Å². The maximum Gasteiger partial charge on any atom is 0.487 e. The maximum absolute atomic E-state index is 13.7. The number of nitrogens with zero attached hydrogens (tertiary/aromatic N) is 3. The van der Waals surface area contributed by atoms with E-state index in [1.165, 1.54) is 11.4 Å². The molecule has 182 valence electrons. The van der Waals surface area contributed by atoms with E-state index in [9.17, 15) is 22.8 Å². The molecule has 4 rings (SSSR count). The Morgan fingerprint density at radius 3 is 2.62 bits per heavy atom. The number of hydrogen-bond acceptors (Lipinski definition) is 7. The van der Waals surface area contributed by atoms with Crippen molar-refractivity contribution in [2.24, 2.45) is 0 Å². The Bertz CT molecular complexity index is 1200. The first-order valence-corrected chi connectivity index (χ1v) is 11.7. The molecular weight excluding hydrogens is 471 g/mol. The number of carbonyl (C=O) groups is 1. The Hall–Kier alpha value is -3.05. The number of amides is 1. The molecule has 0 bridgehead atoms. The summed E-state index contributed by atoms with van der Waals surface area (Å²) in [6, 6.07) is 8.89. The summed E-state index contributed by atoms with van der Waals surface area (Å²) in [4.78, 5) is 28.8. The summed E-state index contributed by atoms with van der Waals surface area (Å²) in [6.07, 6.45) is -3.61. The lowest BCUT2D eigenvalue weighted by Crippen LogP contribution is -2.48. The normalized spacial score (nSPS) is 15.0. The molecule has 0 atom stereocenters. The van der Waals surface area contributed by atoms with Crippen molar-refractivity contribution >= 4 is 33.2 Å². The highest BCUT2D eigenvalue weighted by Gasteiger charge is 2.42. The highest BCUT2D eigenvalue weighted by Crippen LogP contribution is 2.30. The number of rotatable bonds is 7. The highest BCUT2D eigenvalue weighted by atomic mass is 32.1. The van der Waals surface area contributed by atoms with Gasteiger partial charge in [-0.15, -0.1) is 24.5 Å². The number of ether oxygens (including phenoxy) is 1. The van der Waals surface area contributed by atoms with Gasteiger partial charge in [0.15, 0.2) is 5.58 Å². The van der Waals surface area contributed by atoms with Crippen molar-refractivity contribution in [2.75, 3.05) is 51.3 Å². The van der Waals surface area contributed by atoms with Gasteiger partial charge in [-0.25, -0.2) is 4.90 Å². The zero-order valence-corrected chi connectivity index (χ0v) is 19.3. The number of halogens is 3. The third kappa shape index (κ3) is 5.05. The number of thiophene rings is 1. The number of fused-ring (bicyclic) bond motifs is 1. The molecule has 0 unspecified atom stereocenters. The van der Waals surface area contributed by atoms with Crippen LogP contribution in [-0.2, 0) is 0 Å². The Morgan fingerprint density at radius 2 is 1.91 bits per heavy atom. The van der Waals surface area contributed by atoms with Crippen LogP contribution in [-0.4, -0.2) is 68.4 Å². The molecule has 3 aromatic rings. The summed E-state index contributed by atoms with van der Waals surface area (Å²) in [5.74, 6) is -0.429. The number of para-hydroxylation sites is 2. The van der Waals surface area contributed by atoms with Crippen molar-refractivity contribution in [3.8, 4) is 5.75 Å². The van der Waals surface area contributed by atoms with Crippen LogP contribution in [0.25, 0.3) is 10.3 Å². The lowest BCUT2D eigenvalue weighted by Gasteiger charge is -2.37. The van der Waals surface area contributed by atoms with Gasteiger partial charge in [0.2, 0.25) is 5.43 Å².